The van der Waals surface area contributed by atoms with Crippen LogP contribution in [0.3, 0.4) is 0 Å². The molecule has 0 saturated carbocycles. The van der Waals surface area contributed by atoms with Crippen molar-refractivity contribution >= 4 is 17.1 Å². The number of ether oxygens (including phenoxy) is 2. The van der Waals surface area contributed by atoms with Gasteiger partial charge in [-0.1, -0.05) is 75.4 Å². The molecule has 3 aromatic carbocycles. The molecule has 1 atom stereocenters. The third-order valence-electron chi connectivity index (χ3n) is 6.53. The molecule has 0 aliphatic rings. The van der Waals surface area contributed by atoms with E-state index < -0.39 is 0 Å². The van der Waals surface area contributed by atoms with Gasteiger partial charge in [-0.05, 0) is 66.6 Å². The van der Waals surface area contributed by atoms with Crippen molar-refractivity contribution in [3.05, 3.63) is 95.3 Å². The zero-order chi connectivity index (χ0) is 25.5. The number of benzene rings is 3. The second-order valence-corrected chi connectivity index (χ2v) is 9.78. The number of allylic oxidation sites excluding steroid dienone is 1. The van der Waals surface area contributed by atoms with Crippen LogP contribution in [0.2, 0.25) is 0 Å². The number of methoxy groups -OCH3 is 1. The highest BCUT2D eigenvalue weighted by Gasteiger charge is 2.18. The Morgan fingerprint density at radius 2 is 1.72 bits per heavy atom. The van der Waals surface area contributed by atoms with Crippen molar-refractivity contribution in [2.75, 3.05) is 13.7 Å². The summed E-state index contributed by atoms with van der Waals surface area (Å²) in [5.74, 6) is 3.49. The molecule has 0 bridgehead atoms. The molecule has 1 aromatic heterocycles. The molecular formula is C32H38N2O2. The van der Waals surface area contributed by atoms with Gasteiger partial charge in [-0.15, -0.1) is 0 Å². The second-order valence-electron chi connectivity index (χ2n) is 9.78. The molecule has 4 rings (SSSR count). The molecule has 0 aliphatic carbocycles. The van der Waals surface area contributed by atoms with E-state index in [0.717, 1.165) is 47.8 Å². The van der Waals surface area contributed by atoms with Crippen LogP contribution in [0.4, 0.5) is 0 Å². The van der Waals surface area contributed by atoms with Crippen molar-refractivity contribution < 1.29 is 9.47 Å². The largest absolute Gasteiger partial charge is 0.493 e. The lowest BCUT2D eigenvalue weighted by Crippen LogP contribution is -2.11. The molecule has 0 fully saturated rings. The second kappa shape index (κ2) is 11.9. The predicted octanol–water partition coefficient (Wildman–Crippen LogP) is 7.90. The van der Waals surface area contributed by atoms with Gasteiger partial charge in [-0.2, -0.15) is 0 Å². The number of aryl methyl sites for hydroxylation is 1. The van der Waals surface area contributed by atoms with E-state index >= 15 is 0 Å². The molecule has 0 amide bonds. The van der Waals surface area contributed by atoms with E-state index in [2.05, 4.69) is 79.9 Å². The highest BCUT2D eigenvalue weighted by molar-refractivity contribution is 5.76. The Bertz CT molecular complexity index is 1300. The summed E-state index contributed by atoms with van der Waals surface area (Å²) in [5.41, 5.74) is 5.99. The first-order valence-corrected chi connectivity index (χ1v) is 13.0. The zero-order valence-electron chi connectivity index (χ0n) is 22.2. The Hall–Kier alpha value is -3.53. The summed E-state index contributed by atoms with van der Waals surface area (Å²) in [6, 6.07) is 23.5. The maximum absolute atomic E-state index is 6.12. The highest BCUT2D eigenvalue weighted by atomic mass is 16.5. The van der Waals surface area contributed by atoms with Crippen LogP contribution in [-0.4, -0.2) is 23.3 Å². The summed E-state index contributed by atoms with van der Waals surface area (Å²) in [6.45, 7) is 10.2. The smallest absolute Gasteiger partial charge is 0.161 e. The lowest BCUT2D eigenvalue weighted by molar-refractivity contribution is 0.282. The van der Waals surface area contributed by atoms with Crippen LogP contribution in [-0.2, 0) is 13.0 Å². The highest BCUT2D eigenvalue weighted by Crippen LogP contribution is 2.30. The average Bonchev–Trinajstić information content (AvgIpc) is 3.25. The van der Waals surface area contributed by atoms with Gasteiger partial charge in [0.15, 0.2) is 11.5 Å². The van der Waals surface area contributed by atoms with Crippen molar-refractivity contribution in [3.8, 4) is 11.5 Å². The Morgan fingerprint density at radius 3 is 2.44 bits per heavy atom. The fourth-order valence-electron chi connectivity index (χ4n) is 4.73. The normalized spacial score (nSPS) is 12.5. The van der Waals surface area contributed by atoms with E-state index in [4.69, 9.17) is 14.5 Å². The maximum atomic E-state index is 6.12. The number of nitrogens with zero attached hydrogens (tertiary/aromatic N) is 2. The zero-order valence-corrected chi connectivity index (χ0v) is 22.2. The number of hydrogen-bond acceptors (Lipinski definition) is 3. The minimum Gasteiger partial charge on any atom is -0.493 e. The van der Waals surface area contributed by atoms with Crippen molar-refractivity contribution in [1.29, 1.82) is 0 Å². The van der Waals surface area contributed by atoms with Crippen molar-refractivity contribution in [1.82, 2.24) is 9.55 Å². The van der Waals surface area contributed by atoms with Crippen LogP contribution in [0.1, 0.15) is 62.5 Å². The van der Waals surface area contributed by atoms with Gasteiger partial charge in [0.05, 0.1) is 24.8 Å². The average molecular weight is 483 g/mol. The molecule has 36 heavy (non-hydrogen) atoms. The molecule has 0 aliphatic heterocycles. The van der Waals surface area contributed by atoms with Gasteiger partial charge in [-0.25, -0.2) is 4.98 Å². The van der Waals surface area contributed by atoms with Gasteiger partial charge in [0.1, 0.15) is 5.82 Å². The quantitative estimate of drug-likeness (QED) is 0.204. The van der Waals surface area contributed by atoms with Gasteiger partial charge >= 0.3 is 0 Å². The van der Waals surface area contributed by atoms with Crippen LogP contribution in [0.15, 0.2) is 72.8 Å². The number of aromatic nitrogens is 2. The summed E-state index contributed by atoms with van der Waals surface area (Å²) < 4.78 is 14.0. The molecule has 4 aromatic rings. The van der Waals surface area contributed by atoms with Gasteiger partial charge in [0.25, 0.3) is 0 Å². The number of imidazole rings is 1. The summed E-state index contributed by atoms with van der Waals surface area (Å²) in [4.78, 5) is 5.05. The van der Waals surface area contributed by atoms with Crippen LogP contribution in [0, 0.1) is 5.92 Å². The molecule has 0 saturated heterocycles. The summed E-state index contributed by atoms with van der Waals surface area (Å²) >= 11 is 0. The van der Waals surface area contributed by atoms with E-state index in [-0.39, 0.29) is 5.92 Å². The van der Waals surface area contributed by atoms with E-state index in [1.807, 2.05) is 31.2 Å². The summed E-state index contributed by atoms with van der Waals surface area (Å²) in [7, 11) is 1.68. The Balaban J connectivity index is 1.49. The number of para-hydroxylation sites is 2. The van der Waals surface area contributed by atoms with E-state index in [9.17, 15) is 0 Å². The topological polar surface area (TPSA) is 36.3 Å². The third-order valence-corrected chi connectivity index (χ3v) is 6.53. The SMILES string of the molecule is C/C=C/c1ccc(OCCCn2c(C(C)c3ccc(CC(C)C)cc3)nc3ccccc32)c(OC)c1. The number of rotatable bonds is 11. The Morgan fingerprint density at radius 1 is 0.944 bits per heavy atom. The van der Waals surface area contributed by atoms with Crippen molar-refractivity contribution in [2.24, 2.45) is 5.92 Å². The van der Waals surface area contributed by atoms with Gasteiger partial charge in [0.2, 0.25) is 0 Å². The first-order chi connectivity index (χ1) is 17.5. The van der Waals surface area contributed by atoms with E-state index in [1.54, 1.807) is 7.11 Å². The van der Waals surface area contributed by atoms with Crippen molar-refractivity contribution in [2.45, 2.75) is 53.0 Å². The minimum atomic E-state index is 0.200. The molecule has 1 unspecified atom stereocenters. The summed E-state index contributed by atoms with van der Waals surface area (Å²) in [6.07, 6.45) is 6.05. The number of fused-ring (bicyclic) bond motifs is 1. The fraction of sp³-hybridized carbons (Fsp3) is 0.344. The molecule has 4 heteroatoms. The van der Waals surface area contributed by atoms with Crippen LogP contribution >= 0.6 is 0 Å². The first-order valence-electron chi connectivity index (χ1n) is 13.0. The first kappa shape index (κ1) is 25.6. The molecule has 0 spiro atoms. The van der Waals surface area contributed by atoms with Crippen LogP contribution < -0.4 is 9.47 Å². The third kappa shape index (κ3) is 5.99. The van der Waals surface area contributed by atoms with E-state index in [0.29, 0.717) is 12.5 Å². The molecule has 0 N–H and O–H groups in total. The Kier molecular flexibility index (Phi) is 8.48. The van der Waals surface area contributed by atoms with Gasteiger partial charge < -0.3 is 14.0 Å². The lowest BCUT2D eigenvalue weighted by atomic mass is 9.96. The molecule has 1 heterocycles. The maximum Gasteiger partial charge on any atom is 0.161 e. The summed E-state index contributed by atoms with van der Waals surface area (Å²) in [5, 5.41) is 0. The van der Waals surface area contributed by atoms with Crippen molar-refractivity contribution in [3.63, 3.8) is 0 Å². The lowest BCUT2D eigenvalue weighted by Gasteiger charge is -2.17. The van der Waals surface area contributed by atoms with Crippen LogP contribution in [0.5, 0.6) is 11.5 Å². The fourth-order valence-corrected chi connectivity index (χ4v) is 4.73. The Labute approximate surface area is 215 Å². The predicted molar refractivity (Wildman–Crippen MR) is 150 cm³/mol. The standard InChI is InChI=1S/C32H38N2O2/c1-6-10-25-15-18-30(31(22-25)35-5)36-20-9-19-34-29-12-8-7-11-28(29)33-32(34)24(4)27-16-13-26(14-17-27)21-23(2)3/h6-8,10-18,22-24H,9,19-21H2,1-5H3/b10-6+. The molecule has 188 valence electrons. The van der Waals surface area contributed by atoms with Gasteiger partial charge in [-0.3, -0.25) is 0 Å². The molecule has 4 nitrogen and oxygen atoms in total. The van der Waals surface area contributed by atoms with E-state index in [1.165, 1.54) is 16.6 Å². The minimum absolute atomic E-state index is 0.200. The van der Waals surface area contributed by atoms with Gasteiger partial charge in [0, 0.05) is 12.5 Å². The monoisotopic (exact) mass is 482 g/mol. The van der Waals surface area contributed by atoms with Crippen LogP contribution in [0.25, 0.3) is 17.1 Å². The number of hydrogen-bond donors (Lipinski definition) is 0. The molecule has 0 radical (unpaired) electrons. The molecular weight excluding hydrogens is 444 g/mol.